The van der Waals surface area contributed by atoms with Crippen LogP contribution >= 0.6 is 0 Å². The molecule has 9 N–H and O–H groups in total. The summed E-state index contributed by atoms with van der Waals surface area (Å²) in [5, 5.41) is 13.7. The maximum Gasteiger partial charge on any atom is 0.328 e. The van der Waals surface area contributed by atoms with Crippen LogP contribution in [0, 0.1) is 71.0 Å². The maximum atomic E-state index is 14.5. The van der Waals surface area contributed by atoms with Gasteiger partial charge in [-0.05, 0) is 133 Å². The molecule has 2 aromatic rings. The number of carbonyl (C=O) groups is 16. The van der Waals surface area contributed by atoms with E-state index in [1.54, 1.807) is 68.8 Å². The Morgan fingerprint density at radius 2 is 0.820 bits per heavy atom. The van der Waals surface area contributed by atoms with E-state index in [9.17, 15) is 76.7 Å². The molecule has 0 saturated carbocycles. The molecule has 786 valence electrons. The highest BCUT2D eigenvalue weighted by molar-refractivity contribution is 5.93. The lowest BCUT2D eigenvalue weighted by atomic mass is 9.83. The molecule has 2 aliphatic heterocycles. The standard InChI is InChI=1S/C52H86N6O12.C51H84N6O12/c1-14-34(6)48(57(11)51(65)39(32(2)3)28-42(61)47(33(4)5)56(9)10)43(67-12)29-46(63)58-24-18-22-40(58)49(68-13)35(7)41(60)27-38(26-37-20-16-15-17-21-37)50(64)54-23-19-25-69-52(66)36(8)55-45(62)30-44(53)70-31-59;1-13-33(6)47(56(10)50(64)38(31(2)3)27-41(60)46(53-9)32(4)5)42(66-11)28-45(62)57-23-17-21-39(57)48(67-12)34(7)40(59)26-37(25-36-19-15-14-16-20-36)49(63)54-22-18-24-68-51(65)35(8)55-44(61)29-43(52)69-30-58/h15-17,20-21,31-36,38-40,43-44,47-49H,14,18-19,22-30,53H2,1-13H3,(H,54,64)(H,55,62);14-16,19-20,30-35,37-39,42-43,46-48,53H,13,17-18,21-29,52H2,1-12H3,(H,54,63)(H,55,61)/t34-,35-,36-,38+,39-,40-,43+,44?,47-,48-,49+;33-,34-,35-,37+,38-,39-,42+,43?,46-,47-,48+/m00/s1. The Morgan fingerprint density at radius 3 is 1.12 bits per heavy atom. The number of hydrogen-bond donors (Lipinski definition) is 7. The van der Waals surface area contributed by atoms with Crippen LogP contribution in [0.4, 0.5) is 0 Å². The second kappa shape index (κ2) is 64.1. The largest absolute Gasteiger partial charge is 0.464 e. The summed E-state index contributed by atoms with van der Waals surface area (Å²) in [6, 6.07) is 14.3. The second-order valence-corrected chi connectivity index (χ2v) is 39.1. The number of carbonyl (C=O) groups excluding carboxylic acids is 16. The van der Waals surface area contributed by atoms with Gasteiger partial charge in [0.25, 0.3) is 12.9 Å². The van der Waals surface area contributed by atoms with Crippen molar-refractivity contribution in [1.29, 1.82) is 0 Å². The molecule has 22 atom stereocenters. The Labute approximate surface area is 825 Å². The van der Waals surface area contributed by atoms with Crippen LogP contribution in [-0.4, -0.2) is 308 Å². The van der Waals surface area contributed by atoms with E-state index in [2.05, 4.69) is 36.1 Å². The van der Waals surface area contributed by atoms with Gasteiger partial charge < -0.3 is 84.1 Å². The molecule has 2 heterocycles. The van der Waals surface area contributed by atoms with Crippen molar-refractivity contribution in [2.24, 2.45) is 82.5 Å². The first-order valence-corrected chi connectivity index (χ1v) is 49.6. The van der Waals surface area contributed by atoms with Gasteiger partial charge in [0, 0.05) is 130 Å². The number of hydrogen-bond acceptors (Lipinski definition) is 28. The summed E-state index contributed by atoms with van der Waals surface area (Å²) < 4.78 is 43.8. The molecule has 8 amide bonds. The Balaban J connectivity index is 0.000000715. The van der Waals surface area contributed by atoms with Gasteiger partial charge >= 0.3 is 11.9 Å². The average molecular weight is 1960 g/mol. The zero-order valence-electron chi connectivity index (χ0n) is 87.6. The molecule has 2 aliphatic rings. The highest BCUT2D eigenvalue weighted by atomic mass is 16.6. The van der Waals surface area contributed by atoms with Crippen LogP contribution in [0.25, 0.3) is 0 Å². The molecule has 4 rings (SSSR count). The number of likely N-dealkylation sites (N-methyl/N-ethyl adjacent to an activating group) is 4. The molecule has 2 aromatic carbocycles. The number of esters is 2. The van der Waals surface area contributed by atoms with Gasteiger partial charge in [0.2, 0.25) is 47.3 Å². The van der Waals surface area contributed by atoms with Crippen molar-refractivity contribution in [3.63, 3.8) is 0 Å². The number of rotatable bonds is 66. The number of nitrogens with one attached hydrogen (secondary N) is 5. The van der Waals surface area contributed by atoms with Crippen molar-refractivity contribution in [3.8, 4) is 0 Å². The molecule has 0 aromatic heterocycles. The van der Waals surface area contributed by atoms with Crippen LogP contribution in [0.5, 0.6) is 0 Å². The van der Waals surface area contributed by atoms with Gasteiger partial charge in [-0.1, -0.05) is 170 Å². The molecular weight excluding hydrogens is 1790 g/mol. The number of amides is 8. The number of methoxy groups -OCH3 is 4. The zero-order valence-corrected chi connectivity index (χ0v) is 87.6. The molecule has 0 radical (unpaired) electrons. The molecule has 36 nitrogen and oxygen atoms in total. The SMILES string of the molecule is CC[C@H](C)[C@@H]([C@@H](CC(=O)N1CCC[C@H]1[C@H](OC)[C@@H](C)C(=O)C[C@@H](Cc1ccccc1)C(=O)NCCCOC(=O)[C@H](C)NC(=O)CC(N)OC=O)OC)N(C)C(=O)[C@@H](CC(=O)[C@@H](NC)C(C)C)C(C)C.CC[C@H](C)[C@@H]([C@@H](CC(=O)N1CCC[C@H]1[C@H](OC)[C@@H](C)C(=O)C[C@@H](Cc1ccccc1)C(=O)NCCCOC(=O)[C@H](C)NC(=O)CC(N)OC=O)OC)N(C)C(=O)[C@@H](CC(=O)[C@H](C(C)C)N(C)C)C(C)C. The first-order chi connectivity index (χ1) is 65.7. The van der Waals surface area contributed by atoms with Gasteiger partial charge in [-0.3, -0.25) is 83.5 Å². The van der Waals surface area contributed by atoms with Crippen molar-refractivity contribution in [1.82, 2.24) is 51.1 Å². The minimum Gasteiger partial charge on any atom is -0.464 e. The fourth-order valence-electron chi connectivity index (χ4n) is 19.2. The van der Waals surface area contributed by atoms with Crippen LogP contribution in [-0.2, 0) is 127 Å². The van der Waals surface area contributed by atoms with Crippen LogP contribution in [0.15, 0.2) is 60.7 Å². The van der Waals surface area contributed by atoms with Gasteiger partial charge in [-0.25, -0.2) is 9.59 Å². The predicted molar refractivity (Wildman–Crippen MR) is 527 cm³/mol. The molecule has 0 aliphatic carbocycles. The predicted octanol–water partition coefficient (Wildman–Crippen LogP) is 7.55. The summed E-state index contributed by atoms with van der Waals surface area (Å²) >= 11 is 0. The van der Waals surface area contributed by atoms with Crippen molar-refractivity contribution >= 4 is 95.3 Å². The zero-order chi connectivity index (χ0) is 105. The number of nitrogens with two attached hydrogens (primary N) is 2. The van der Waals surface area contributed by atoms with Crippen molar-refractivity contribution < 1.29 is 115 Å². The highest BCUT2D eigenvalue weighted by Crippen LogP contribution is 2.36. The summed E-state index contributed by atoms with van der Waals surface area (Å²) in [5.74, 6) is -8.46. The summed E-state index contributed by atoms with van der Waals surface area (Å²) in [7, 11) is 15.2. The van der Waals surface area contributed by atoms with E-state index in [0.29, 0.717) is 58.0 Å². The second-order valence-electron chi connectivity index (χ2n) is 39.1. The van der Waals surface area contributed by atoms with Crippen LogP contribution < -0.4 is 38.1 Å². The monoisotopic (exact) mass is 1960 g/mol. The third kappa shape index (κ3) is 40.0. The van der Waals surface area contributed by atoms with E-state index in [4.69, 9.17) is 39.9 Å². The van der Waals surface area contributed by atoms with E-state index < -0.39 is 132 Å². The van der Waals surface area contributed by atoms with Crippen molar-refractivity contribution in [2.45, 2.75) is 312 Å². The topological polar surface area (TPSA) is 475 Å². The fourth-order valence-corrected chi connectivity index (χ4v) is 19.2. The maximum absolute atomic E-state index is 14.5. The van der Waals surface area contributed by atoms with Gasteiger partial charge in [0.1, 0.15) is 23.7 Å². The first-order valence-electron chi connectivity index (χ1n) is 49.6. The van der Waals surface area contributed by atoms with E-state index in [1.807, 2.05) is 163 Å². The molecule has 2 saturated heterocycles. The summed E-state index contributed by atoms with van der Waals surface area (Å²) in [6.45, 7) is 31.7. The quantitative estimate of drug-likeness (QED) is 0.0110. The minimum absolute atomic E-state index is 0.0116. The molecule has 0 spiro atoms. The number of benzene rings is 2. The number of likely N-dealkylation sites (tertiary alicyclic amines) is 2. The van der Waals surface area contributed by atoms with Crippen molar-refractivity contribution in [3.05, 3.63) is 71.8 Å². The molecular formula is C103H170N12O24. The van der Waals surface area contributed by atoms with Gasteiger partial charge in [0.15, 0.2) is 24.0 Å². The highest BCUT2D eigenvalue weighted by Gasteiger charge is 2.47. The Bertz CT molecular complexity index is 4140. The Kier molecular flexibility index (Phi) is 57.0. The van der Waals surface area contributed by atoms with E-state index in [0.717, 1.165) is 17.5 Å². The number of nitrogens with zero attached hydrogens (tertiary/aromatic N) is 5. The molecule has 2 fully saturated rings. The third-order valence-corrected chi connectivity index (χ3v) is 27.3. The minimum atomic E-state index is -1.15. The molecule has 2 unspecified atom stereocenters. The number of Topliss-reactive ketones (excluding diaryl/α,β-unsaturated/α-hetero) is 4. The first kappa shape index (κ1) is 124. The Hall–Kier alpha value is -9.56. The van der Waals surface area contributed by atoms with Crippen molar-refractivity contribution in [2.75, 3.05) is 103 Å². The van der Waals surface area contributed by atoms with E-state index >= 15 is 0 Å². The molecule has 0 bridgehead atoms. The van der Waals surface area contributed by atoms with Gasteiger partial charge in [-0.2, -0.15) is 0 Å². The normalized spacial score (nSPS) is 18.1. The Morgan fingerprint density at radius 1 is 0.460 bits per heavy atom. The van der Waals surface area contributed by atoms with E-state index in [-0.39, 0.29) is 210 Å². The van der Waals surface area contributed by atoms with Gasteiger partial charge in [-0.15, -0.1) is 0 Å². The van der Waals surface area contributed by atoms with Crippen LogP contribution in [0.2, 0.25) is 0 Å². The molecule has 36 heteroatoms. The summed E-state index contributed by atoms with van der Waals surface area (Å²) in [4.78, 5) is 219. The lowest BCUT2D eigenvalue weighted by molar-refractivity contribution is -0.149. The third-order valence-electron chi connectivity index (χ3n) is 27.3. The fraction of sp³-hybridized carbons (Fsp3) is 0.728. The van der Waals surface area contributed by atoms with E-state index in [1.165, 1.54) is 28.1 Å². The lowest BCUT2D eigenvalue weighted by Crippen LogP contribution is -2.54. The van der Waals surface area contributed by atoms with Gasteiger partial charge in [0.05, 0.1) is 99.6 Å². The molecule has 139 heavy (non-hydrogen) atoms. The van der Waals surface area contributed by atoms with Crippen LogP contribution in [0.1, 0.15) is 225 Å². The number of ether oxygens (including phenoxy) is 8. The lowest BCUT2D eigenvalue weighted by Gasteiger charge is -2.41. The smallest absolute Gasteiger partial charge is 0.328 e. The average Bonchev–Trinajstić information content (AvgIpc) is 1.70. The summed E-state index contributed by atoms with van der Waals surface area (Å²) in [6.07, 6.45) is -0.451. The number of ketones is 4. The summed E-state index contributed by atoms with van der Waals surface area (Å²) in [5.41, 5.74) is 12.7. The van der Waals surface area contributed by atoms with Crippen LogP contribution in [0.3, 0.4) is 0 Å².